The van der Waals surface area contributed by atoms with Crippen molar-refractivity contribution in [2.75, 3.05) is 40.0 Å². The molecule has 0 aromatic carbocycles. The second kappa shape index (κ2) is 11.0. The van der Waals surface area contributed by atoms with Crippen LogP contribution in [0, 0.1) is 5.92 Å². The maximum atomic E-state index is 5.75. The smallest absolute Gasteiger partial charge is 0.191 e. The minimum Gasteiger partial charge on any atom is -0.381 e. The molecule has 1 aromatic heterocycles. The van der Waals surface area contributed by atoms with Crippen LogP contribution < -0.4 is 10.6 Å². The Morgan fingerprint density at radius 2 is 2.21 bits per heavy atom. The summed E-state index contributed by atoms with van der Waals surface area (Å²) in [6.07, 6.45) is 4.07. The van der Waals surface area contributed by atoms with Gasteiger partial charge in [0.05, 0.1) is 12.2 Å². The number of aryl methyl sites for hydroxylation is 1. The van der Waals surface area contributed by atoms with Crippen molar-refractivity contribution in [3.05, 3.63) is 17.5 Å². The zero-order valence-corrected chi connectivity index (χ0v) is 14.8. The average Bonchev–Trinajstić information content (AvgIpc) is 3.09. The summed E-state index contributed by atoms with van der Waals surface area (Å²) in [5, 5.41) is 10.5. The molecule has 0 aliphatic carbocycles. The first kappa shape index (κ1) is 18.7. The number of rotatable bonds is 9. The standard InChI is InChI=1S/C17H30N4O3/c1-3-15-11-16(24-21-15)12-20-17(18-2)19-7-4-8-23-13-14-5-9-22-10-6-14/h11,14H,3-10,12-13H2,1-2H3,(H2,18,19,20). The van der Waals surface area contributed by atoms with Crippen molar-refractivity contribution in [1.29, 1.82) is 0 Å². The van der Waals surface area contributed by atoms with Crippen molar-refractivity contribution in [2.45, 2.75) is 39.2 Å². The predicted octanol–water partition coefficient (Wildman–Crippen LogP) is 1.74. The van der Waals surface area contributed by atoms with Crippen molar-refractivity contribution in [1.82, 2.24) is 15.8 Å². The van der Waals surface area contributed by atoms with Crippen molar-refractivity contribution >= 4 is 5.96 Å². The SMILES string of the molecule is CCc1cc(CNC(=NC)NCCCOCC2CCOCC2)on1. The van der Waals surface area contributed by atoms with Crippen molar-refractivity contribution < 1.29 is 14.0 Å². The quantitative estimate of drug-likeness (QED) is 0.405. The molecule has 7 heteroatoms. The molecule has 1 fully saturated rings. The van der Waals surface area contributed by atoms with E-state index in [4.69, 9.17) is 14.0 Å². The van der Waals surface area contributed by atoms with Gasteiger partial charge < -0.3 is 24.6 Å². The van der Waals surface area contributed by atoms with Crippen molar-refractivity contribution in [3.63, 3.8) is 0 Å². The second-order valence-electron chi connectivity index (χ2n) is 5.97. The zero-order valence-electron chi connectivity index (χ0n) is 14.8. The lowest BCUT2D eigenvalue weighted by Gasteiger charge is -2.21. The molecular formula is C17H30N4O3. The van der Waals surface area contributed by atoms with E-state index in [9.17, 15) is 0 Å². The normalized spacial score (nSPS) is 16.3. The monoisotopic (exact) mass is 338 g/mol. The number of nitrogens with zero attached hydrogens (tertiary/aromatic N) is 2. The van der Waals surface area contributed by atoms with Crippen molar-refractivity contribution in [2.24, 2.45) is 10.9 Å². The summed E-state index contributed by atoms with van der Waals surface area (Å²) >= 11 is 0. The van der Waals surface area contributed by atoms with Crippen LogP contribution in [0.5, 0.6) is 0 Å². The lowest BCUT2D eigenvalue weighted by atomic mass is 10.0. The Bertz CT molecular complexity index is 484. The molecule has 0 radical (unpaired) electrons. The molecule has 0 amide bonds. The van der Waals surface area contributed by atoms with Gasteiger partial charge in [0.25, 0.3) is 0 Å². The highest BCUT2D eigenvalue weighted by Crippen LogP contribution is 2.14. The minimum atomic E-state index is 0.576. The molecule has 2 heterocycles. The molecule has 1 saturated heterocycles. The van der Waals surface area contributed by atoms with Crippen molar-refractivity contribution in [3.8, 4) is 0 Å². The summed E-state index contributed by atoms with van der Waals surface area (Å²) in [7, 11) is 1.76. The van der Waals surface area contributed by atoms with Crippen LogP contribution in [0.4, 0.5) is 0 Å². The van der Waals surface area contributed by atoms with E-state index in [-0.39, 0.29) is 0 Å². The molecular weight excluding hydrogens is 308 g/mol. The Hall–Kier alpha value is -1.60. The third kappa shape index (κ3) is 6.88. The summed E-state index contributed by atoms with van der Waals surface area (Å²) in [4.78, 5) is 4.20. The molecule has 24 heavy (non-hydrogen) atoms. The van der Waals surface area contributed by atoms with Gasteiger partial charge in [0.15, 0.2) is 11.7 Å². The van der Waals surface area contributed by atoms with Gasteiger partial charge in [-0.25, -0.2) is 0 Å². The molecule has 2 N–H and O–H groups in total. The molecule has 1 aromatic rings. The number of hydrogen-bond acceptors (Lipinski definition) is 5. The van der Waals surface area contributed by atoms with E-state index in [2.05, 4.69) is 27.7 Å². The Balaban J connectivity index is 1.51. The van der Waals surface area contributed by atoms with Gasteiger partial charge in [0.1, 0.15) is 0 Å². The maximum Gasteiger partial charge on any atom is 0.191 e. The highest BCUT2D eigenvalue weighted by Gasteiger charge is 2.13. The van der Waals surface area contributed by atoms with E-state index < -0.39 is 0 Å². The highest BCUT2D eigenvalue weighted by molar-refractivity contribution is 5.79. The first-order valence-corrected chi connectivity index (χ1v) is 8.86. The third-order valence-electron chi connectivity index (χ3n) is 4.08. The van der Waals surface area contributed by atoms with E-state index in [0.717, 1.165) is 76.1 Å². The molecule has 0 spiro atoms. The molecule has 1 aliphatic heterocycles. The molecule has 7 nitrogen and oxygen atoms in total. The first-order valence-electron chi connectivity index (χ1n) is 8.86. The number of aliphatic imine (C=N–C) groups is 1. The molecule has 0 unspecified atom stereocenters. The van der Waals surface area contributed by atoms with Gasteiger partial charge in [-0.2, -0.15) is 0 Å². The lowest BCUT2D eigenvalue weighted by molar-refractivity contribution is 0.0203. The molecule has 136 valence electrons. The fraction of sp³-hybridized carbons (Fsp3) is 0.765. The molecule has 1 aliphatic rings. The van der Waals surface area contributed by atoms with E-state index >= 15 is 0 Å². The Labute approximate surface area is 144 Å². The lowest BCUT2D eigenvalue weighted by Crippen LogP contribution is -2.37. The summed E-state index contributed by atoms with van der Waals surface area (Å²) < 4.78 is 16.3. The topological polar surface area (TPSA) is 80.9 Å². The zero-order chi connectivity index (χ0) is 17.0. The number of guanidine groups is 1. The molecule has 0 saturated carbocycles. The van der Waals surface area contributed by atoms with Crippen LogP contribution in [-0.2, 0) is 22.4 Å². The highest BCUT2D eigenvalue weighted by atomic mass is 16.5. The van der Waals surface area contributed by atoms with Crippen LogP contribution in [0.2, 0.25) is 0 Å². The Kier molecular flexibility index (Phi) is 8.62. The average molecular weight is 338 g/mol. The van der Waals surface area contributed by atoms with Gasteiger partial charge in [-0.1, -0.05) is 12.1 Å². The number of ether oxygens (including phenoxy) is 2. The van der Waals surface area contributed by atoms with Gasteiger partial charge in [-0.05, 0) is 31.6 Å². The molecule has 0 atom stereocenters. The first-order chi connectivity index (χ1) is 11.8. The molecule has 2 rings (SSSR count). The second-order valence-corrected chi connectivity index (χ2v) is 5.97. The van der Waals surface area contributed by atoms with E-state index in [1.54, 1.807) is 7.05 Å². The number of nitrogens with one attached hydrogen (secondary N) is 2. The Morgan fingerprint density at radius 3 is 2.92 bits per heavy atom. The number of aromatic nitrogens is 1. The Morgan fingerprint density at radius 1 is 1.38 bits per heavy atom. The summed E-state index contributed by atoms with van der Waals surface area (Å²) in [5.74, 6) is 2.24. The van der Waals surface area contributed by atoms with Crippen LogP contribution in [-0.4, -0.2) is 51.1 Å². The fourth-order valence-corrected chi connectivity index (χ4v) is 2.54. The maximum absolute atomic E-state index is 5.75. The molecule has 0 bridgehead atoms. The van der Waals surface area contributed by atoms with Gasteiger partial charge in [0.2, 0.25) is 0 Å². The van der Waals surface area contributed by atoms with Crippen LogP contribution in [0.25, 0.3) is 0 Å². The number of hydrogen-bond donors (Lipinski definition) is 2. The van der Waals surface area contributed by atoms with Gasteiger partial charge >= 0.3 is 0 Å². The summed E-state index contributed by atoms with van der Waals surface area (Å²) in [6.45, 7) is 6.83. The fourth-order valence-electron chi connectivity index (χ4n) is 2.54. The van der Waals surface area contributed by atoms with E-state index in [1.165, 1.54) is 0 Å². The third-order valence-corrected chi connectivity index (χ3v) is 4.08. The van der Waals surface area contributed by atoms with Crippen LogP contribution >= 0.6 is 0 Å². The summed E-state index contributed by atoms with van der Waals surface area (Å²) in [5.41, 5.74) is 0.969. The van der Waals surface area contributed by atoms with Crippen LogP contribution in [0.3, 0.4) is 0 Å². The van der Waals surface area contributed by atoms with Crippen LogP contribution in [0.15, 0.2) is 15.6 Å². The predicted molar refractivity (Wildman–Crippen MR) is 93.1 cm³/mol. The van der Waals surface area contributed by atoms with Crippen LogP contribution in [0.1, 0.15) is 37.6 Å². The van der Waals surface area contributed by atoms with E-state index in [0.29, 0.717) is 12.5 Å². The minimum absolute atomic E-state index is 0.576. The van der Waals surface area contributed by atoms with Gasteiger partial charge in [-0.15, -0.1) is 0 Å². The van der Waals surface area contributed by atoms with Gasteiger partial charge in [-0.3, -0.25) is 4.99 Å². The largest absolute Gasteiger partial charge is 0.381 e. The van der Waals surface area contributed by atoms with Gasteiger partial charge in [0, 0.05) is 46.1 Å². The van der Waals surface area contributed by atoms with E-state index in [1.807, 2.05) is 6.07 Å². The summed E-state index contributed by atoms with van der Waals surface area (Å²) in [6, 6.07) is 1.96.